The Morgan fingerprint density at radius 2 is 2.43 bits per heavy atom. The summed E-state index contributed by atoms with van der Waals surface area (Å²) in [7, 11) is 0. The maximum atomic E-state index is 10.4. The highest BCUT2D eigenvalue weighted by Crippen LogP contribution is 2.38. The first kappa shape index (κ1) is 10.4. The highest BCUT2D eigenvalue weighted by Gasteiger charge is 2.36. The Morgan fingerprint density at radius 3 is 2.93 bits per heavy atom. The van der Waals surface area contributed by atoms with Gasteiger partial charge in [-0.1, -0.05) is 11.6 Å². The maximum Gasteiger partial charge on any atom is 0.100 e. The molecule has 0 saturated carbocycles. The number of halogens is 1. The summed E-state index contributed by atoms with van der Waals surface area (Å²) in [5.74, 6) is 0.303. The summed E-state index contributed by atoms with van der Waals surface area (Å²) in [6.07, 6.45) is 1.03. The first-order valence-electron chi connectivity index (χ1n) is 4.79. The van der Waals surface area contributed by atoms with E-state index in [4.69, 9.17) is 11.6 Å². The van der Waals surface area contributed by atoms with Crippen molar-refractivity contribution in [1.29, 1.82) is 0 Å². The Bertz CT molecular complexity index is 318. The van der Waals surface area contributed by atoms with E-state index in [9.17, 15) is 5.11 Å². The molecule has 0 aromatic carbocycles. The zero-order chi connectivity index (χ0) is 10.2. The fourth-order valence-corrected chi connectivity index (χ4v) is 3.09. The zero-order valence-electron chi connectivity index (χ0n) is 8.09. The molecular formula is C10H14ClNOS. The van der Waals surface area contributed by atoms with E-state index in [1.165, 1.54) is 11.3 Å². The average molecular weight is 232 g/mol. The van der Waals surface area contributed by atoms with Crippen molar-refractivity contribution >= 4 is 22.9 Å². The van der Waals surface area contributed by atoms with Gasteiger partial charge in [-0.05, 0) is 32.0 Å². The highest BCUT2D eigenvalue weighted by molar-refractivity contribution is 7.16. The third-order valence-corrected chi connectivity index (χ3v) is 4.39. The van der Waals surface area contributed by atoms with Crippen LogP contribution in [-0.4, -0.2) is 18.2 Å². The van der Waals surface area contributed by atoms with E-state index < -0.39 is 5.60 Å². The number of hydrogen-bond donors (Lipinski definition) is 2. The molecule has 0 amide bonds. The number of aliphatic hydroxyl groups is 1. The average Bonchev–Trinajstić information content (AvgIpc) is 2.72. The predicted molar refractivity (Wildman–Crippen MR) is 59.9 cm³/mol. The van der Waals surface area contributed by atoms with Crippen LogP contribution in [0.2, 0.25) is 4.34 Å². The Morgan fingerprint density at radius 1 is 1.64 bits per heavy atom. The topological polar surface area (TPSA) is 32.3 Å². The van der Waals surface area contributed by atoms with Gasteiger partial charge >= 0.3 is 0 Å². The minimum absolute atomic E-state index is 0.303. The zero-order valence-corrected chi connectivity index (χ0v) is 9.66. The van der Waals surface area contributed by atoms with Crippen molar-refractivity contribution in [3.63, 3.8) is 0 Å². The highest BCUT2D eigenvalue weighted by atomic mass is 35.5. The molecule has 4 heteroatoms. The number of rotatable bonds is 2. The molecule has 14 heavy (non-hydrogen) atoms. The lowest BCUT2D eigenvalue weighted by Gasteiger charge is -2.28. The second kappa shape index (κ2) is 3.81. The number of thiophene rings is 1. The normalized spacial score (nSPS) is 26.4. The Labute approximate surface area is 92.9 Å². The number of nitrogens with one attached hydrogen (secondary N) is 1. The van der Waals surface area contributed by atoms with Crippen LogP contribution in [0.25, 0.3) is 0 Å². The monoisotopic (exact) mass is 231 g/mol. The van der Waals surface area contributed by atoms with Crippen LogP contribution in [0.4, 0.5) is 0 Å². The molecule has 2 unspecified atom stereocenters. The summed E-state index contributed by atoms with van der Waals surface area (Å²) >= 11 is 7.33. The molecule has 0 bridgehead atoms. The summed E-state index contributed by atoms with van der Waals surface area (Å²) in [5, 5.41) is 13.7. The number of hydrogen-bond acceptors (Lipinski definition) is 3. The molecule has 1 fully saturated rings. The summed E-state index contributed by atoms with van der Waals surface area (Å²) in [6.45, 7) is 3.77. The van der Waals surface area contributed by atoms with Gasteiger partial charge in [0.1, 0.15) is 5.60 Å². The molecule has 2 rings (SSSR count). The van der Waals surface area contributed by atoms with Crippen LogP contribution in [0, 0.1) is 5.92 Å². The molecule has 0 spiro atoms. The molecule has 1 aromatic heterocycles. The first-order valence-corrected chi connectivity index (χ1v) is 5.99. The van der Waals surface area contributed by atoms with Crippen LogP contribution in [-0.2, 0) is 5.60 Å². The van der Waals surface area contributed by atoms with Gasteiger partial charge in [0.25, 0.3) is 0 Å². The summed E-state index contributed by atoms with van der Waals surface area (Å²) in [6, 6.07) is 3.77. The van der Waals surface area contributed by atoms with Crippen molar-refractivity contribution in [2.75, 3.05) is 13.1 Å². The third kappa shape index (κ3) is 1.82. The van der Waals surface area contributed by atoms with E-state index in [2.05, 4.69) is 5.32 Å². The molecule has 1 aliphatic rings. The van der Waals surface area contributed by atoms with Crippen LogP contribution < -0.4 is 5.32 Å². The Balaban J connectivity index is 2.22. The van der Waals surface area contributed by atoms with Crippen LogP contribution >= 0.6 is 22.9 Å². The predicted octanol–water partition coefficient (Wildman–Crippen LogP) is 2.22. The van der Waals surface area contributed by atoms with Crippen LogP contribution in [0.1, 0.15) is 18.2 Å². The summed E-state index contributed by atoms with van der Waals surface area (Å²) in [4.78, 5) is 0.969. The SMILES string of the molecule is CC(O)(c1ccc(Cl)s1)C1CCNC1. The van der Waals surface area contributed by atoms with Gasteiger partial charge in [-0.3, -0.25) is 0 Å². The van der Waals surface area contributed by atoms with E-state index in [1.807, 2.05) is 19.1 Å². The second-order valence-electron chi connectivity index (χ2n) is 3.94. The van der Waals surface area contributed by atoms with Gasteiger partial charge in [0.2, 0.25) is 0 Å². The molecule has 78 valence electrons. The molecule has 2 heterocycles. The largest absolute Gasteiger partial charge is 0.384 e. The van der Waals surface area contributed by atoms with Gasteiger partial charge in [-0.2, -0.15) is 0 Å². The van der Waals surface area contributed by atoms with Crippen molar-refractivity contribution in [3.05, 3.63) is 21.3 Å². The minimum Gasteiger partial charge on any atom is -0.384 e. The van der Waals surface area contributed by atoms with Gasteiger partial charge in [0.15, 0.2) is 0 Å². The maximum absolute atomic E-state index is 10.4. The molecule has 0 aliphatic carbocycles. The van der Waals surface area contributed by atoms with Gasteiger partial charge < -0.3 is 10.4 Å². The van der Waals surface area contributed by atoms with Crippen molar-refractivity contribution in [2.24, 2.45) is 5.92 Å². The summed E-state index contributed by atoms with van der Waals surface area (Å²) in [5.41, 5.74) is -0.735. The van der Waals surface area contributed by atoms with Crippen molar-refractivity contribution < 1.29 is 5.11 Å². The van der Waals surface area contributed by atoms with E-state index in [-0.39, 0.29) is 0 Å². The Kier molecular flexibility index (Phi) is 2.84. The van der Waals surface area contributed by atoms with E-state index in [0.29, 0.717) is 5.92 Å². The molecule has 2 nitrogen and oxygen atoms in total. The van der Waals surface area contributed by atoms with Crippen LogP contribution in [0.15, 0.2) is 12.1 Å². The van der Waals surface area contributed by atoms with E-state index >= 15 is 0 Å². The minimum atomic E-state index is -0.735. The molecule has 1 aliphatic heterocycles. The van der Waals surface area contributed by atoms with Gasteiger partial charge in [0, 0.05) is 17.3 Å². The van der Waals surface area contributed by atoms with Gasteiger partial charge in [-0.25, -0.2) is 0 Å². The molecule has 2 atom stereocenters. The molecular weight excluding hydrogens is 218 g/mol. The fourth-order valence-electron chi connectivity index (χ4n) is 1.92. The van der Waals surface area contributed by atoms with Crippen molar-refractivity contribution in [3.8, 4) is 0 Å². The lowest BCUT2D eigenvalue weighted by atomic mass is 9.87. The molecule has 1 saturated heterocycles. The van der Waals surface area contributed by atoms with Gasteiger partial charge in [0.05, 0.1) is 4.34 Å². The smallest absolute Gasteiger partial charge is 0.100 e. The lowest BCUT2D eigenvalue weighted by molar-refractivity contribution is 0.00569. The molecule has 0 radical (unpaired) electrons. The second-order valence-corrected chi connectivity index (χ2v) is 5.66. The lowest BCUT2D eigenvalue weighted by Crippen LogP contribution is -2.32. The quantitative estimate of drug-likeness (QED) is 0.818. The van der Waals surface area contributed by atoms with E-state index in [0.717, 1.165) is 28.7 Å². The first-order chi connectivity index (χ1) is 6.60. The molecule has 1 aromatic rings. The fraction of sp³-hybridized carbons (Fsp3) is 0.600. The van der Waals surface area contributed by atoms with Crippen LogP contribution in [0.3, 0.4) is 0 Å². The van der Waals surface area contributed by atoms with Gasteiger partial charge in [-0.15, -0.1) is 11.3 Å². The summed E-state index contributed by atoms with van der Waals surface area (Å²) < 4.78 is 0.742. The standard InChI is InChI=1S/C10H14ClNOS/c1-10(13,7-4-5-12-6-7)8-2-3-9(11)14-8/h2-3,7,12-13H,4-6H2,1H3. The van der Waals surface area contributed by atoms with Crippen LogP contribution in [0.5, 0.6) is 0 Å². The van der Waals surface area contributed by atoms with Crippen molar-refractivity contribution in [2.45, 2.75) is 18.9 Å². The Hall–Kier alpha value is -0.0900. The third-order valence-electron chi connectivity index (χ3n) is 2.93. The van der Waals surface area contributed by atoms with E-state index in [1.54, 1.807) is 0 Å². The van der Waals surface area contributed by atoms with Crippen molar-refractivity contribution in [1.82, 2.24) is 5.32 Å². The molecule has 2 N–H and O–H groups in total.